The van der Waals surface area contributed by atoms with Gasteiger partial charge in [0.15, 0.2) is 0 Å². The van der Waals surface area contributed by atoms with Crippen LogP contribution >= 0.6 is 0 Å². The smallest absolute Gasteiger partial charge is 0.0602 e. The summed E-state index contributed by atoms with van der Waals surface area (Å²) in [6.07, 6.45) is 2.50. The molecule has 1 heterocycles. The molecule has 0 saturated heterocycles. The van der Waals surface area contributed by atoms with Gasteiger partial charge >= 0.3 is 0 Å². The quantitative estimate of drug-likeness (QED) is 0.837. The Balaban J connectivity index is 2.12. The molecule has 0 bridgehead atoms. The van der Waals surface area contributed by atoms with E-state index in [1.54, 1.807) is 0 Å². The van der Waals surface area contributed by atoms with E-state index in [9.17, 15) is 0 Å². The summed E-state index contributed by atoms with van der Waals surface area (Å²) in [6.45, 7) is 8.03. The molecule has 2 nitrogen and oxygen atoms in total. The van der Waals surface area contributed by atoms with E-state index in [1.165, 1.54) is 37.3 Å². The van der Waals surface area contributed by atoms with Crippen molar-refractivity contribution in [1.82, 2.24) is 0 Å². The minimum Gasteiger partial charge on any atom is -0.383 e. The molecule has 0 aliphatic carbocycles. The van der Waals surface area contributed by atoms with Gasteiger partial charge in [0.25, 0.3) is 0 Å². The van der Waals surface area contributed by atoms with E-state index >= 15 is 0 Å². The maximum atomic E-state index is 3.50. The highest BCUT2D eigenvalue weighted by Crippen LogP contribution is 2.28. The van der Waals surface area contributed by atoms with Gasteiger partial charge in [-0.25, -0.2) is 0 Å². The van der Waals surface area contributed by atoms with Crippen LogP contribution in [-0.4, -0.2) is 19.6 Å². The summed E-state index contributed by atoms with van der Waals surface area (Å²) in [7, 11) is 0. The monoisotopic (exact) mass is 218 g/mol. The van der Waals surface area contributed by atoms with E-state index in [1.807, 2.05) is 0 Å². The lowest BCUT2D eigenvalue weighted by Gasteiger charge is -2.25. The van der Waals surface area contributed by atoms with E-state index in [0.717, 1.165) is 12.5 Å². The lowest BCUT2D eigenvalue weighted by atomic mass is 10.1. The first kappa shape index (κ1) is 11.3. The maximum Gasteiger partial charge on any atom is 0.0602 e. The topological polar surface area (TPSA) is 15.3 Å². The molecule has 1 aliphatic heterocycles. The fraction of sp³-hybridized carbons (Fsp3) is 0.571. The molecule has 1 N–H and O–H groups in total. The molecule has 1 aliphatic rings. The number of nitrogens with zero attached hydrogens (tertiary/aromatic N) is 1. The predicted molar refractivity (Wildman–Crippen MR) is 71.2 cm³/mol. The zero-order valence-corrected chi connectivity index (χ0v) is 10.4. The lowest BCUT2D eigenvalue weighted by Crippen LogP contribution is -2.26. The Morgan fingerprint density at radius 2 is 2.12 bits per heavy atom. The van der Waals surface area contributed by atoms with Crippen molar-refractivity contribution in [2.45, 2.75) is 26.7 Å². The van der Waals surface area contributed by atoms with Crippen molar-refractivity contribution in [3.05, 3.63) is 24.3 Å². The van der Waals surface area contributed by atoms with Crippen molar-refractivity contribution in [1.29, 1.82) is 0 Å². The number of fused-ring (bicyclic) bond motifs is 1. The molecule has 16 heavy (non-hydrogen) atoms. The van der Waals surface area contributed by atoms with E-state index in [2.05, 4.69) is 48.3 Å². The fourth-order valence-corrected chi connectivity index (χ4v) is 2.16. The second kappa shape index (κ2) is 5.24. The Kier molecular flexibility index (Phi) is 3.70. The van der Waals surface area contributed by atoms with Gasteiger partial charge in [0.1, 0.15) is 0 Å². The van der Waals surface area contributed by atoms with Crippen molar-refractivity contribution in [3.63, 3.8) is 0 Å². The molecular weight excluding hydrogens is 196 g/mol. The van der Waals surface area contributed by atoms with Crippen LogP contribution < -0.4 is 10.2 Å². The molecule has 1 aromatic rings. The molecule has 0 unspecified atom stereocenters. The summed E-state index contributed by atoms with van der Waals surface area (Å²) in [5.41, 5.74) is 2.67. The average Bonchev–Trinajstić information content (AvgIpc) is 2.48. The molecule has 0 spiro atoms. The van der Waals surface area contributed by atoms with Crippen LogP contribution in [0.5, 0.6) is 0 Å². The van der Waals surface area contributed by atoms with Crippen molar-refractivity contribution >= 4 is 11.4 Å². The Labute approximate surface area is 98.7 Å². The average molecular weight is 218 g/mol. The number of anilines is 2. The van der Waals surface area contributed by atoms with Crippen molar-refractivity contribution in [2.75, 3.05) is 29.9 Å². The SMILES string of the molecule is CC(C)CCN1CCCNc2ccccc21. The van der Waals surface area contributed by atoms with Crippen LogP contribution in [0.25, 0.3) is 0 Å². The van der Waals surface area contributed by atoms with E-state index in [-0.39, 0.29) is 0 Å². The summed E-state index contributed by atoms with van der Waals surface area (Å²) >= 11 is 0. The lowest BCUT2D eigenvalue weighted by molar-refractivity contribution is 0.571. The highest BCUT2D eigenvalue weighted by atomic mass is 15.2. The molecule has 88 valence electrons. The van der Waals surface area contributed by atoms with E-state index in [4.69, 9.17) is 0 Å². The van der Waals surface area contributed by atoms with Crippen molar-refractivity contribution < 1.29 is 0 Å². The van der Waals surface area contributed by atoms with Gasteiger partial charge in [0.2, 0.25) is 0 Å². The summed E-state index contributed by atoms with van der Waals surface area (Å²) < 4.78 is 0. The van der Waals surface area contributed by atoms with Gasteiger partial charge in [-0.3, -0.25) is 0 Å². The van der Waals surface area contributed by atoms with Crippen molar-refractivity contribution in [2.24, 2.45) is 5.92 Å². The minimum absolute atomic E-state index is 0.781. The normalized spacial score (nSPS) is 15.6. The summed E-state index contributed by atoms with van der Waals surface area (Å²) in [5, 5.41) is 3.50. The van der Waals surface area contributed by atoms with Gasteiger partial charge in [-0.15, -0.1) is 0 Å². The fourth-order valence-electron chi connectivity index (χ4n) is 2.16. The second-order valence-electron chi connectivity index (χ2n) is 4.97. The van der Waals surface area contributed by atoms with Crippen LogP contribution in [0.2, 0.25) is 0 Å². The third kappa shape index (κ3) is 2.69. The van der Waals surface area contributed by atoms with Crippen LogP contribution in [0.3, 0.4) is 0 Å². The highest BCUT2D eigenvalue weighted by molar-refractivity contribution is 5.70. The molecule has 2 heteroatoms. The van der Waals surface area contributed by atoms with Gasteiger partial charge in [0, 0.05) is 19.6 Å². The number of nitrogens with one attached hydrogen (secondary N) is 1. The number of hydrogen-bond donors (Lipinski definition) is 1. The Morgan fingerprint density at radius 3 is 2.94 bits per heavy atom. The summed E-state index contributed by atoms with van der Waals surface area (Å²) in [6, 6.07) is 8.66. The zero-order chi connectivity index (χ0) is 11.4. The first-order valence-corrected chi connectivity index (χ1v) is 6.35. The maximum absolute atomic E-state index is 3.50. The molecule has 1 aromatic carbocycles. The molecule has 0 radical (unpaired) electrons. The third-order valence-corrected chi connectivity index (χ3v) is 3.14. The van der Waals surface area contributed by atoms with Crippen LogP contribution in [-0.2, 0) is 0 Å². The molecular formula is C14H22N2. The molecule has 0 saturated carbocycles. The van der Waals surface area contributed by atoms with E-state index in [0.29, 0.717) is 0 Å². The highest BCUT2D eigenvalue weighted by Gasteiger charge is 2.13. The number of para-hydroxylation sites is 2. The summed E-state index contributed by atoms with van der Waals surface area (Å²) in [5.74, 6) is 0.781. The Morgan fingerprint density at radius 1 is 1.31 bits per heavy atom. The molecule has 0 amide bonds. The first-order valence-electron chi connectivity index (χ1n) is 6.35. The van der Waals surface area contributed by atoms with E-state index < -0.39 is 0 Å². The van der Waals surface area contributed by atoms with Crippen molar-refractivity contribution in [3.8, 4) is 0 Å². The number of hydrogen-bond acceptors (Lipinski definition) is 2. The molecule has 0 fully saturated rings. The zero-order valence-electron chi connectivity index (χ0n) is 10.4. The number of rotatable bonds is 3. The summed E-state index contributed by atoms with van der Waals surface area (Å²) in [4.78, 5) is 2.52. The Bertz CT molecular complexity index is 333. The third-order valence-electron chi connectivity index (χ3n) is 3.14. The van der Waals surface area contributed by atoms with Crippen LogP contribution in [0, 0.1) is 5.92 Å². The van der Waals surface area contributed by atoms with Gasteiger partial charge in [-0.1, -0.05) is 26.0 Å². The molecule has 0 aromatic heterocycles. The number of benzene rings is 1. The molecule has 0 atom stereocenters. The first-order chi connectivity index (χ1) is 7.77. The van der Waals surface area contributed by atoms with Crippen LogP contribution in [0.1, 0.15) is 26.7 Å². The van der Waals surface area contributed by atoms with Gasteiger partial charge in [-0.05, 0) is 30.9 Å². The second-order valence-corrected chi connectivity index (χ2v) is 4.97. The van der Waals surface area contributed by atoms with Crippen LogP contribution in [0.4, 0.5) is 11.4 Å². The van der Waals surface area contributed by atoms with Gasteiger partial charge in [-0.2, -0.15) is 0 Å². The minimum atomic E-state index is 0.781. The van der Waals surface area contributed by atoms with Gasteiger partial charge < -0.3 is 10.2 Å². The largest absolute Gasteiger partial charge is 0.383 e. The predicted octanol–water partition coefficient (Wildman–Crippen LogP) is 3.35. The molecule has 2 rings (SSSR count). The van der Waals surface area contributed by atoms with Crippen LogP contribution in [0.15, 0.2) is 24.3 Å². The Hall–Kier alpha value is -1.18. The van der Waals surface area contributed by atoms with Gasteiger partial charge in [0.05, 0.1) is 11.4 Å². The standard InChI is InChI=1S/C14H22N2/c1-12(2)8-11-16-10-5-9-15-13-6-3-4-7-14(13)16/h3-4,6-7,12,15H,5,8-11H2,1-2H3.